The number of pyridine rings is 1. The average molecular weight is 449 g/mol. The van der Waals surface area contributed by atoms with Gasteiger partial charge in [0.25, 0.3) is 5.91 Å². The predicted molar refractivity (Wildman–Crippen MR) is 120 cm³/mol. The molecular formula is C23H24FN7O2. The Balaban J connectivity index is 1.91. The predicted octanol–water partition coefficient (Wildman–Crippen LogP) is 2.82. The third kappa shape index (κ3) is 5.62. The Bertz CT molecular complexity index is 1230. The molecule has 0 aromatic carbocycles. The van der Waals surface area contributed by atoms with Gasteiger partial charge in [0.2, 0.25) is 0 Å². The van der Waals surface area contributed by atoms with Crippen LogP contribution >= 0.6 is 0 Å². The first-order valence-electron chi connectivity index (χ1n) is 10.4. The standard InChI is InChI=1S/C23H24FN7O2/c1-23(2,33)21(24)14-29-22(32)17-13-28-19(10-18(17)27-8-4-3-7-25)20-6-5-16-9-15(11-26)12-30-31(16)20/h5-6,9-10,12-13,21,33H,3-4,8,14H2,1-2H3,(H,27,28)(H,29,32). The van der Waals surface area contributed by atoms with Crippen LogP contribution in [0.15, 0.2) is 36.7 Å². The second kappa shape index (κ2) is 10.1. The molecule has 1 amide bonds. The molecule has 0 aliphatic carbocycles. The third-order valence-electron chi connectivity index (χ3n) is 5.03. The SMILES string of the molecule is CC(C)(O)C(F)CNC(=O)c1cnc(-c2ccc3cc(C#N)cnn23)cc1NCCCC#N. The summed E-state index contributed by atoms with van der Waals surface area (Å²) in [6.45, 7) is 2.76. The van der Waals surface area contributed by atoms with Crippen molar-refractivity contribution in [2.75, 3.05) is 18.4 Å². The van der Waals surface area contributed by atoms with Gasteiger partial charge in [0.15, 0.2) is 0 Å². The zero-order chi connectivity index (χ0) is 24.0. The number of unbranched alkanes of at least 4 members (excludes halogenated alkanes) is 1. The van der Waals surface area contributed by atoms with Gasteiger partial charge in [-0.25, -0.2) is 8.91 Å². The molecule has 0 saturated carbocycles. The Hall–Kier alpha value is -4.02. The number of carbonyl (C=O) groups is 1. The van der Waals surface area contributed by atoms with E-state index in [4.69, 9.17) is 10.5 Å². The van der Waals surface area contributed by atoms with Gasteiger partial charge in [-0.2, -0.15) is 15.6 Å². The zero-order valence-electron chi connectivity index (χ0n) is 18.3. The summed E-state index contributed by atoms with van der Waals surface area (Å²) in [6, 6.07) is 11.1. The number of aliphatic hydroxyl groups is 1. The van der Waals surface area contributed by atoms with Crippen LogP contribution in [0, 0.1) is 22.7 Å². The van der Waals surface area contributed by atoms with E-state index in [1.807, 2.05) is 18.2 Å². The number of halogens is 1. The molecule has 0 aliphatic rings. The molecular weight excluding hydrogens is 425 g/mol. The number of anilines is 1. The number of nitriles is 2. The highest BCUT2D eigenvalue weighted by atomic mass is 19.1. The van der Waals surface area contributed by atoms with Gasteiger partial charge >= 0.3 is 0 Å². The molecule has 170 valence electrons. The second-order valence-corrected chi connectivity index (χ2v) is 8.05. The van der Waals surface area contributed by atoms with E-state index in [0.717, 1.165) is 5.52 Å². The minimum atomic E-state index is -1.64. The van der Waals surface area contributed by atoms with E-state index in [9.17, 15) is 14.3 Å². The average Bonchev–Trinajstić information content (AvgIpc) is 3.22. The summed E-state index contributed by atoms with van der Waals surface area (Å²) in [4.78, 5) is 17.1. The molecule has 0 aliphatic heterocycles. The Labute approximate surface area is 190 Å². The minimum absolute atomic E-state index is 0.208. The van der Waals surface area contributed by atoms with Crippen molar-refractivity contribution in [1.82, 2.24) is 19.9 Å². The fraction of sp³-hybridized carbons (Fsp3) is 0.348. The number of hydrogen-bond acceptors (Lipinski definition) is 7. The van der Waals surface area contributed by atoms with Gasteiger partial charge in [-0.15, -0.1) is 0 Å². The monoisotopic (exact) mass is 449 g/mol. The van der Waals surface area contributed by atoms with E-state index in [0.29, 0.717) is 42.0 Å². The third-order valence-corrected chi connectivity index (χ3v) is 5.03. The lowest BCUT2D eigenvalue weighted by Gasteiger charge is -2.22. The number of nitrogens with zero attached hydrogens (tertiary/aromatic N) is 5. The van der Waals surface area contributed by atoms with Crippen molar-refractivity contribution in [3.05, 3.63) is 47.8 Å². The quantitative estimate of drug-likeness (QED) is 0.427. The minimum Gasteiger partial charge on any atom is -0.387 e. The lowest BCUT2D eigenvalue weighted by molar-refractivity contribution is -0.00177. The number of aromatic nitrogens is 3. The highest BCUT2D eigenvalue weighted by molar-refractivity contribution is 6.00. The highest BCUT2D eigenvalue weighted by Crippen LogP contribution is 2.25. The molecule has 3 aromatic heterocycles. The van der Waals surface area contributed by atoms with Crippen LogP contribution < -0.4 is 10.6 Å². The first-order valence-corrected chi connectivity index (χ1v) is 10.4. The summed E-state index contributed by atoms with van der Waals surface area (Å²) in [6.07, 6.45) is 2.13. The summed E-state index contributed by atoms with van der Waals surface area (Å²) >= 11 is 0. The lowest BCUT2D eigenvalue weighted by Crippen LogP contribution is -2.42. The van der Waals surface area contributed by atoms with E-state index in [2.05, 4.69) is 26.8 Å². The summed E-state index contributed by atoms with van der Waals surface area (Å²) in [5, 5.41) is 37.5. The van der Waals surface area contributed by atoms with Gasteiger partial charge < -0.3 is 15.7 Å². The number of alkyl halides is 1. The van der Waals surface area contributed by atoms with Crippen molar-refractivity contribution in [3.8, 4) is 23.5 Å². The maximum absolute atomic E-state index is 14.1. The molecule has 1 unspecified atom stereocenters. The molecule has 3 rings (SSSR count). The van der Waals surface area contributed by atoms with E-state index < -0.39 is 17.7 Å². The maximum atomic E-state index is 14.1. The summed E-state index contributed by atoms with van der Waals surface area (Å²) < 4.78 is 15.7. The molecule has 0 spiro atoms. The van der Waals surface area contributed by atoms with Crippen molar-refractivity contribution >= 4 is 17.1 Å². The smallest absolute Gasteiger partial charge is 0.255 e. The summed E-state index contributed by atoms with van der Waals surface area (Å²) in [5.74, 6) is -0.541. The number of hydrogen-bond donors (Lipinski definition) is 3. The number of carbonyl (C=O) groups excluding carboxylic acids is 1. The van der Waals surface area contributed by atoms with Crippen molar-refractivity contribution in [2.24, 2.45) is 0 Å². The van der Waals surface area contributed by atoms with Gasteiger partial charge in [-0.05, 0) is 44.5 Å². The fourth-order valence-corrected chi connectivity index (χ4v) is 3.09. The zero-order valence-corrected chi connectivity index (χ0v) is 18.3. The van der Waals surface area contributed by atoms with Crippen LogP contribution in [0.5, 0.6) is 0 Å². The van der Waals surface area contributed by atoms with Crippen molar-refractivity contribution < 1.29 is 14.3 Å². The number of rotatable bonds is 9. The number of fused-ring (bicyclic) bond motifs is 1. The van der Waals surface area contributed by atoms with Crippen LogP contribution in [-0.2, 0) is 0 Å². The van der Waals surface area contributed by atoms with E-state index in [-0.39, 0.29) is 12.1 Å². The molecule has 3 N–H and O–H groups in total. The number of amides is 1. The topological polar surface area (TPSA) is 139 Å². The molecule has 0 bridgehead atoms. The Morgan fingerprint density at radius 1 is 1.30 bits per heavy atom. The first kappa shape index (κ1) is 23.6. The van der Waals surface area contributed by atoms with Crippen LogP contribution in [-0.4, -0.2) is 50.5 Å². The van der Waals surface area contributed by atoms with Gasteiger partial charge in [-0.3, -0.25) is 9.78 Å². The Morgan fingerprint density at radius 2 is 2.09 bits per heavy atom. The molecule has 1 atom stereocenters. The maximum Gasteiger partial charge on any atom is 0.255 e. The van der Waals surface area contributed by atoms with E-state index >= 15 is 0 Å². The fourth-order valence-electron chi connectivity index (χ4n) is 3.09. The van der Waals surface area contributed by atoms with Gasteiger partial charge in [-0.1, -0.05) is 0 Å². The van der Waals surface area contributed by atoms with Gasteiger partial charge in [0.1, 0.15) is 12.2 Å². The van der Waals surface area contributed by atoms with Crippen LogP contribution in [0.25, 0.3) is 16.9 Å². The van der Waals surface area contributed by atoms with Crippen molar-refractivity contribution in [1.29, 1.82) is 10.5 Å². The second-order valence-electron chi connectivity index (χ2n) is 8.05. The molecule has 0 saturated heterocycles. The largest absolute Gasteiger partial charge is 0.387 e. The first-order chi connectivity index (χ1) is 15.7. The normalized spacial score (nSPS) is 12.1. The molecule has 3 heterocycles. The van der Waals surface area contributed by atoms with Crippen LogP contribution in [0.1, 0.15) is 42.6 Å². The number of nitrogens with one attached hydrogen (secondary N) is 2. The summed E-state index contributed by atoms with van der Waals surface area (Å²) in [7, 11) is 0. The van der Waals surface area contributed by atoms with E-state index in [1.165, 1.54) is 26.2 Å². The molecule has 9 nitrogen and oxygen atoms in total. The Kier molecular flexibility index (Phi) is 7.21. The van der Waals surface area contributed by atoms with E-state index in [1.54, 1.807) is 16.6 Å². The van der Waals surface area contributed by atoms with Crippen molar-refractivity contribution in [3.63, 3.8) is 0 Å². The molecule has 3 aromatic rings. The van der Waals surface area contributed by atoms with Crippen LogP contribution in [0.3, 0.4) is 0 Å². The molecule has 0 radical (unpaired) electrons. The van der Waals surface area contributed by atoms with Gasteiger partial charge in [0, 0.05) is 19.2 Å². The molecule has 33 heavy (non-hydrogen) atoms. The highest BCUT2D eigenvalue weighted by Gasteiger charge is 2.27. The van der Waals surface area contributed by atoms with Crippen LogP contribution in [0.4, 0.5) is 10.1 Å². The van der Waals surface area contributed by atoms with Crippen molar-refractivity contribution in [2.45, 2.75) is 38.5 Å². The Morgan fingerprint density at radius 3 is 2.79 bits per heavy atom. The lowest BCUT2D eigenvalue weighted by atomic mass is 10.0. The molecule has 0 fully saturated rings. The van der Waals surface area contributed by atoms with Gasteiger partial charge in [0.05, 0.1) is 58.1 Å². The summed E-state index contributed by atoms with van der Waals surface area (Å²) in [5.41, 5.74) is 1.44. The van der Waals surface area contributed by atoms with Crippen LogP contribution in [0.2, 0.25) is 0 Å². The molecule has 10 heteroatoms.